The first-order valence-corrected chi connectivity index (χ1v) is 4.82. The number of H-pyrrole nitrogens is 1. The van der Waals surface area contributed by atoms with E-state index < -0.39 is 0 Å². The number of hydrogen-bond donors (Lipinski definition) is 1. The number of imidazole rings is 1. The van der Waals surface area contributed by atoms with E-state index in [4.69, 9.17) is 0 Å². The number of aromatic nitrogens is 4. The summed E-state index contributed by atoms with van der Waals surface area (Å²) in [5.41, 5.74) is 2.28. The van der Waals surface area contributed by atoms with Crippen LogP contribution in [0.2, 0.25) is 0 Å². The number of aryl methyl sites for hydroxylation is 1. The lowest BCUT2D eigenvalue weighted by atomic mass is 10.2. The Labute approximate surface area is 86.8 Å². The van der Waals surface area contributed by atoms with E-state index in [2.05, 4.69) is 22.2 Å². The van der Waals surface area contributed by atoms with Crippen LogP contribution in [0.3, 0.4) is 0 Å². The average molecular weight is 199 g/mol. The molecular weight excluding hydrogens is 188 g/mol. The van der Waals surface area contributed by atoms with Crippen molar-refractivity contribution in [2.24, 2.45) is 7.05 Å². The fourth-order valence-electron chi connectivity index (χ4n) is 1.71. The predicted molar refractivity (Wildman–Crippen MR) is 56.2 cm³/mol. The molecule has 4 nitrogen and oxygen atoms in total. The first kappa shape index (κ1) is 8.23. The Bertz CT molecular complexity index is 591. The first-order chi connectivity index (χ1) is 7.34. The van der Waals surface area contributed by atoms with Crippen molar-refractivity contribution in [1.29, 1.82) is 0 Å². The number of nitrogens with one attached hydrogen (secondary N) is 1. The van der Waals surface area contributed by atoms with Gasteiger partial charge in [-0.3, -0.25) is 4.98 Å². The van der Waals surface area contributed by atoms with Crippen molar-refractivity contribution in [3.8, 4) is 11.3 Å². The molecule has 0 amide bonds. The van der Waals surface area contributed by atoms with Crippen LogP contribution in [0.5, 0.6) is 0 Å². The molecule has 3 rings (SSSR count). The molecule has 74 valence electrons. The third-order valence-corrected chi connectivity index (χ3v) is 2.50. The molecule has 15 heavy (non-hydrogen) atoms. The SMILES string of the molecule is Cn1nc[n+]2cc(-c3ccccc3)[nH]c12. The topological polar surface area (TPSA) is 37.7 Å². The molecule has 0 saturated heterocycles. The second-order valence-electron chi connectivity index (χ2n) is 3.52. The van der Waals surface area contributed by atoms with Crippen LogP contribution in [0, 0.1) is 0 Å². The van der Waals surface area contributed by atoms with Crippen molar-refractivity contribution in [2.45, 2.75) is 0 Å². The van der Waals surface area contributed by atoms with Gasteiger partial charge in [-0.1, -0.05) is 30.3 Å². The molecule has 0 bridgehead atoms. The largest absolute Gasteiger partial charge is 0.353 e. The second-order valence-corrected chi connectivity index (χ2v) is 3.52. The Morgan fingerprint density at radius 2 is 2.07 bits per heavy atom. The van der Waals surface area contributed by atoms with E-state index in [1.54, 1.807) is 6.33 Å². The van der Waals surface area contributed by atoms with Crippen LogP contribution in [0.15, 0.2) is 42.9 Å². The molecule has 2 aromatic heterocycles. The highest BCUT2D eigenvalue weighted by atomic mass is 15.4. The molecule has 0 aliphatic rings. The van der Waals surface area contributed by atoms with E-state index in [0.29, 0.717) is 0 Å². The zero-order valence-electron chi connectivity index (χ0n) is 8.38. The lowest BCUT2D eigenvalue weighted by molar-refractivity contribution is -0.510. The molecule has 0 atom stereocenters. The Morgan fingerprint density at radius 3 is 2.80 bits per heavy atom. The van der Waals surface area contributed by atoms with Crippen LogP contribution < -0.4 is 4.40 Å². The quantitative estimate of drug-likeness (QED) is 0.587. The third kappa shape index (κ3) is 1.22. The Hall–Kier alpha value is -2.10. The van der Waals surface area contributed by atoms with Gasteiger partial charge in [0.05, 0.1) is 13.2 Å². The molecule has 3 aromatic rings. The van der Waals surface area contributed by atoms with E-state index in [9.17, 15) is 0 Å². The lowest BCUT2D eigenvalue weighted by Gasteiger charge is -1.91. The van der Waals surface area contributed by atoms with Crippen molar-refractivity contribution in [3.63, 3.8) is 0 Å². The molecule has 2 heterocycles. The summed E-state index contributed by atoms with van der Waals surface area (Å²) in [5.74, 6) is 0.980. The zero-order chi connectivity index (χ0) is 10.3. The van der Waals surface area contributed by atoms with Gasteiger partial charge in [0, 0.05) is 5.56 Å². The molecule has 1 N–H and O–H groups in total. The van der Waals surface area contributed by atoms with Gasteiger partial charge in [0.25, 0.3) is 0 Å². The van der Waals surface area contributed by atoms with E-state index in [1.807, 2.05) is 40.5 Å². The maximum Gasteiger partial charge on any atom is 0.353 e. The third-order valence-electron chi connectivity index (χ3n) is 2.50. The molecule has 0 spiro atoms. The highest BCUT2D eigenvalue weighted by molar-refractivity contribution is 5.58. The van der Waals surface area contributed by atoms with Gasteiger partial charge in [-0.05, 0) is 5.10 Å². The summed E-state index contributed by atoms with van der Waals surface area (Å²) in [7, 11) is 1.92. The zero-order valence-corrected chi connectivity index (χ0v) is 8.38. The highest BCUT2D eigenvalue weighted by Gasteiger charge is 2.11. The van der Waals surface area contributed by atoms with Crippen molar-refractivity contribution < 1.29 is 4.40 Å². The van der Waals surface area contributed by atoms with E-state index in [-0.39, 0.29) is 0 Å². The Balaban J connectivity index is 2.20. The summed E-state index contributed by atoms with van der Waals surface area (Å²) in [6.07, 6.45) is 3.83. The summed E-state index contributed by atoms with van der Waals surface area (Å²) in [5, 5.41) is 4.14. The van der Waals surface area contributed by atoms with E-state index in [0.717, 1.165) is 11.5 Å². The van der Waals surface area contributed by atoms with Gasteiger partial charge in [-0.15, -0.1) is 4.68 Å². The maximum absolute atomic E-state index is 4.14. The van der Waals surface area contributed by atoms with Crippen molar-refractivity contribution in [3.05, 3.63) is 42.9 Å². The van der Waals surface area contributed by atoms with Gasteiger partial charge in [-0.2, -0.15) is 4.40 Å². The average Bonchev–Trinajstić information content (AvgIpc) is 2.83. The minimum atomic E-state index is 0.980. The molecule has 4 heteroatoms. The monoisotopic (exact) mass is 199 g/mol. The van der Waals surface area contributed by atoms with Gasteiger partial charge in [0.1, 0.15) is 5.69 Å². The summed E-state index contributed by atoms with van der Waals surface area (Å²) >= 11 is 0. The number of benzene rings is 1. The van der Waals surface area contributed by atoms with Gasteiger partial charge >= 0.3 is 5.78 Å². The van der Waals surface area contributed by atoms with Crippen LogP contribution in [0.1, 0.15) is 0 Å². The Kier molecular flexibility index (Phi) is 1.62. The van der Waals surface area contributed by atoms with Gasteiger partial charge in [0.15, 0.2) is 0 Å². The number of aromatic amines is 1. The van der Waals surface area contributed by atoms with Crippen molar-refractivity contribution in [1.82, 2.24) is 14.8 Å². The van der Waals surface area contributed by atoms with Gasteiger partial charge < -0.3 is 0 Å². The maximum atomic E-state index is 4.14. The fourth-order valence-corrected chi connectivity index (χ4v) is 1.71. The molecule has 0 fully saturated rings. The van der Waals surface area contributed by atoms with Crippen LogP contribution in [0.4, 0.5) is 0 Å². The number of fused-ring (bicyclic) bond motifs is 1. The molecule has 0 unspecified atom stereocenters. The minimum Gasteiger partial charge on any atom is -0.259 e. The second kappa shape index (κ2) is 2.95. The standard InChI is InChI=1S/C11H10N4/c1-14-11-13-10(7-15(11)8-12-14)9-5-3-2-4-6-9/h2-8H,1H3/p+1. The van der Waals surface area contributed by atoms with Crippen LogP contribution >= 0.6 is 0 Å². The lowest BCUT2D eigenvalue weighted by Crippen LogP contribution is -2.14. The number of hydrogen-bond acceptors (Lipinski definition) is 1. The first-order valence-electron chi connectivity index (χ1n) is 4.82. The number of rotatable bonds is 1. The molecule has 0 radical (unpaired) electrons. The summed E-state index contributed by atoms with van der Waals surface area (Å²) in [6.45, 7) is 0. The molecule has 0 saturated carbocycles. The van der Waals surface area contributed by atoms with Gasteiger partial charge in [-0.25, -0.2) is 0 Å². The molecule has 1 aromatic carbocycles. The van der Waals surface area contributed by atoms with E-state index >= 15 is 0 Å². The smallest absolute Gasteiger partial charge is 0.259 e. The van der Waals surface area contributed by atoms with Crippen LogP contribution in [-0.4, -0.2) is 14.8 Å². The number of nitrogens with zero attached hydrogens (tertiary/aromatic N) is 3. The van der Waals surface area contributed by atoms with Crippen molar-refractivity contribution >= 4 is 5.78 Å². The van der Waals surface area contributed by atoms with E-state index in [1.165, 1.54) is 5.56 Å². The predicted octanol–water partition coefficient (Wildman–Crippen LogP) is 1.15. The summed E-state index contributed by atoms with van der Waals surface area (Å²) in [6, 6.07) is 10.2. The molecule has 0 aliphatic carbocycles. The Morgan fingerprint density at radius 1 is 1.27 bits per heavy atom. The normalized spacial score (nSPS) is 11.0. The summed E-state index contributed by atoms with van der Waals surface area (Å²) < 4.78 is 3.79. The highest BCUT2D eigenvalue weighted by Crippen LogP contribution is 2.15. The molecule has 0 aliphatic heterocycles. The van der Waals surface area contributed by atoms with Crippen molar-refractivity contribution in [2.75, 3.05) is 0 Å². The minimum absolute atomic E-state index is 0.980. The van der Waals surface area contributed by atoms with Gasteiger partial charge in [0.2, 0.25) is 6.33 Å². The van der Waals surface area contributed by atoms with Crippen LogP contribution in [-0.2, 0) is 7.05 Å². The molecular formula is C11H11N4+. The van der Waals surface area contributed by atoms with Crippen LogP contribution in [0.25, 0.3) is 17.0 Å². The fraction of sp³-hybridized carbons (Fsp3) is 0.0909. The summed E-state index contributed by atoms with van der Waals surface area (Å²) in [4.78, 5) is 3.32.